The Labute approximate surface area is 44.9 Å². The molecule has 0 aliphatic rings. The highest BCUT2D eigenvalue weighted by molar-refractivity contribution is 6.46. The minimum absolute atomic E-state index is 0.258. The van der Waals surface area contributed by atoms with Crippen LogP contribution in [0.1, 0.15) is 0 Å². The summed E-state index contributed by atoms with van der Waals surface area (Å²) in [5.74, 6) is 0. The average molecular weight is 126 g/mol. The van der Waals surface area contributed by atoms with Crippen LogP contribution in [-0.2, 0) is 0 Å². The van der Waals surface area contributed by atoms with Crippen molar-refractivity contribution < 1.29 is 0 Å². The number of hydrogen-bond acceptors (Lipinski definition) is 0. The molecule has 0 rings (SSSR count). The van der Waals surface area contributed by atoms with Crippen LogP contribution in [0.4, 0.5) is 0 Å². The standard InChI is InChI=1S/C2H3Cl2Si/c3-2(4)1-5/h2H,1H2. The van der Waals surface area contributed by atoms with Crippen molar-refractivity contribution in [1.29, 1.82) is 0 Å². The van der Waals surface area contributed by atoms with Crippen molar-refractivity contribution in [2.75, 3.05) is 0 Å². The molecule has 0 amide bonds. The molecule has 0 aromatic heterocycles. The average Bonchev–Trinajstić information content (AvgIpc) is 1.38. The van der Waals surface area contributed by atoms with E-state index in [4.69, 9.17) is 23.2 Å². The Morgan fingerprint density at radius 3 is 1.80 bits per heavy atom. The first-order chi connectivity index (χ1) is 2.27. The maximum atomic E-state index is 5.18. The smallest absolute Gasteiger partial charge is 0.104 e. The summed E-state index contributed by atoms with van der Waals surface area (Å²) in [7, 11) is 3.09. The van der Waals surface area contributed by atoms with E-state index in [0.29, 0.717) is 6.04 Å². The van der Waals surface area contributed by atoms with Crippen molar-refractivity contribution in [2.24, 2.45) is 0 Å². The van der Waals surface area contributed by atoms with Gasteiger partial charge in [-0.3, -0.25) is 0 Å². The van der Waals surface area contributed by atoms with Crippen molar-refractivity contribution in [2.45, 2.75) is 10.9 Å². The van der Waals surface area contributed by atoms with E-state index in [1.54, 1.807) is 0 Å². The van der Waals surface area contributed by atoms with Crippen LogP contribution in [0, 0.1) is 0 Å². The van der Waals surface area contributed by atoms with Gasteiger partial charge in [-0.1, -0.05) is 0 Å². The van der Waals surface area contributed by atoms with Crippen LogP contribution in [0.2, 0.25) is 6.04 Å². The van der Waals surface area contributed by atoms with Crippen LogP contribution in [0.15, 0.2) is 0 Å². The van der Waals surface area contributed by atoms with E-state index >= 15 is 0 Å². The molecule has 0 aliphatic heterocycles. The molecular weight excluding hydrogens is 123 g/mol. The molecule has 0 unspecified atom stereocenters. The number of hydrogen-bond donors (Lipinski definition) is 0. The van der Waals surface area contributed by atoms with Crippen molar-refractivity contribution in [3.63, 3.8) is 0 Å². The van der Waals surface area contributed by atoms with Gasteiger partial charge in [0.1, 0.15) is 4.84 Å². The molecule has 0 fully saturated rings. The van der Waals surface area contributed by atoms with Crippen LogP contribution in [-0.4, -0.2) is 15.1 Å². The summed E-state index contributed by atoms with van der Waals surface area (Å²) < 4.78 is 0. The van der Waals surface area contributed by atoms with Gasteiger partial charge in [0.15, 0.2) is 0 Å². The van der Waals surface area contributed by atoms with Gasteiger partial charge in [0.25, 0.3) is 0 Å². The molecule has 0 aromatic carbocycles. The monoisotopic (exact) mass is 125 g/mol. The van der Waals surface area contributed by atoms with Gasteiger partial charge in [0, 0.05) is 10.2 Å². The first kappa shape index (κ1) is 5.80. The van der Waals surface area contributed by atoms with Crippen molar-refractivity contribution in [1.82, 2.24) is 0 Å². The third kappa shape index (κ3) is 4.80. The summed E-state index contributed by atoms with van der Waals surface area (Å²) in [4.78, 5) is -0.258. The van der Waals surface area contributed by atoms with E-state index < -0.39 is 0 Å². The Bertz CT molecular complexity index is 21.6. The molecule has 0 saturated carbocycles. The van der Waals surface area contributed by atoms with Gasteiger partial charge >= 0.3 is 0 Å². The number of alkyl halides is 2. The Kier molecular flexibility index (Phi) is 3.48. The predicted molar refractivity (Wildman–Crippen MR) is 26.1 cm³/mol. The third-order valence-electron chi connectivity index (χ3n) is 0.154. The minimum atomic E-state index is -0.258. The number of rotatable bonds is 1. The fourth-order valence-electron chi connectivity index (χ4n) is 0. The zero-order chi connectivity index (χ0) is 4.28. The van der Waals surface area contributed by atoms with E-state index in [9.17, 15) is 0 Å². The van der Waals surface area contributed by atoms with Crippen molar-refractivity contribution >= 4 is 33.4 Å². The fraction of sp³-hybridized carbons (Fsp3) is 1.00. The highest BCUT2D eigenvalue weighted by Gasteiger charge is 1.86. The topological polar surface area (TPSA) is 0 Å². The van der Waals surface area contributed by atoms with E-state index in [1.807, 2.05) is 0 Å². The summed E-state index contributed by atoms with van der Waals surface area (Å²) in [5.41, 5.74) is 0. The van der Waals surface area contributed by atoms with Crippen LogP contribution in [0.5, 0.6) is 0 Å². The molecule has 0 aliphatic carbocycles. The summed E-state index contributed by atoms with van der Waals surface area (Å²) >= 11 is 10.4. The summed E-state index contributed by atoms with van der Waals surface area (Å²) in [6.45, 7) is 0. The second-order valence-corrected chi connectivity index (χ2v) is 2.28. The lowest BCUT2D eigenvalue weighted by Crippen LogP contribution is -1.79. The summed E-state index contributed by atoms with van der Waals surface area (Å²) in [5, 5.41) is 0. The highest BCUT2D eigenvalue weighted by atomic mass is 35.5. The van der Waals surface area contributed by atoms with Crippen LogP contribution >= 0.6 is 23.2 Å². The lowest BCUT2D eigenvalue weighted by molar-refractivity contribution is 1.37. The predicted octanol–water partition coefficient (Wildman–Crippen LogP) is 1.38. The van der Waals surface area contributed by atoms with Crippen molar-refractivity contribution in [3.8, 4) is 0 Å². The zero-order valence-electron chi connectivity index (χ0n) is 2.54. The Balaban J connectivity index is 2.54. The second-order valence-electron chi connectivity index (χ2n) is 0.595. The molecule has 0 saturated heterocycles. The van der Waals surface area contributed by atoms with Gasteiger partial charge in [0.05, 0.1) is 0 Å². The molecular formula is C2H3Cl2Si. The van der Waals surface area contributed by atoms with Gasteiger partial charge in [-0.05, 0) is 6.04 Å². The van der Waals surface area contributed by atoms with E-state index in [-0.39, 0.29) is 4.84 Å². The first-order valence-corrected chi connectivity index (χ1v) is 2.78. The molecule has 0 aromatic rings. The molecule has 3 heteroatoms. The molecule has 0 N–H and O–H groups in total. The molecule has 0 heterocycles. The molecule has 3 radical (unpaired) electrons. The van der Waals surface area contributed by atoms with Gasteiger partial charge in [0.2, 0.25) is 0 Å². The molecule has 29 valence electrons. The van der Waals surface area contributed by atoms with E-state index in [2.05, 4.69) is 10.2 Å². The van der Waals surface area contributed by atoms with Gasteiger partial charge in [-0.2, -0.15) is 0 Å². The molecule has 0 atom stereocenters. The first-order valence-electron chi connectivity index (χ1n) is 1.20. The van der Waals surface area contributed by atoms with Crippen LogP contribution < -0.4 is 0 Å². The summed E-state index contributed by atoms with van der Waals surface area (Å²) in [6, 6.07) is 0.642. The molecule has 0 bridgehead atoms. The van der Waals surface area contributed by atoms with Crippen molar-refractivity contribution in [3.05, 3.63) is 0 Å². The van der Waals surface area contributed by atoms with E-state index in [0.717, 1.165) is 0 Å². The Morgan fingerprint density at radius 1 is 1.60 bits per heavy atom. The zero-order valence-corrected chi connectivity index (χ0v) is 5.05. The Morgan fingerprint density at radius 2 is 1.80 bits per heavy atom. The maximum Gasteiger partial charge on any atom is 0.104 e. The SMILES string of the molecule is [Si]CC(Cl)Cl. The molecule has 0 spiro atoms. The molecule has 5 heavy (non-hydrogen) atoms. The Hall–Kier alpha value is 0.797. The lowest BCUT2D eigenvalue weighted by atomic mass is 10.9. The largest absolute Gasteiger partial charge is 0.106 e. The van der Waals surface area contributed by atoms with Gasteiger partial charge in [-0.25, -0.2) is 0 Å². The second kappa shape index (κ2) is 3.01. The minimum Gasteiger partial charge on any atom is -0.106 e. The van der Waals surface area contributed by atoms with Crippen LogP contribution in [0.25, 0.3) is 0 Å². The van der Waals surface area contributed by atoms with Gasteiger partial charge in [-0.15, -0.1) is 23.2 Å². The maximum absolute atomic E-state index is 5.18. The molecule has 0 nitrogen and oxygen atoms in total. The normalized spacial score (nSPS) is 9.60. The highest BCUT2D eigenvalue weighted by Crippen LogP contribution is 2.02. The van der Waals surface area contributed by atoms with Crippen LogP contribution in [0.3, 0.4) is 0 Å². The van der Waals surface area contributed by atoms with Gasteiger partial charge < -0.3 is 0 Å². The van der Waals surface area contributed by atoms with E-state index in [1.165, 1.54) is 0 Å². The summed E-state index contributed by atoms with van der Waals surface area (Å²) in [6.07, 6.45) is 0. The quantitative estimate of drug-likeness (QED) is 0.367. The third-order valence-corrected chi connectivity index (χ3v) is 1.39. The lowest BCUT2D eigenvalue weighted by Gasteiger charge is -1.84. The number of halogens is 2. The fourth-order valence-corrected chi connectivity index (χ4v) is 0.